The van der Waals surface area contributed by atoms with E-state index >= 15 is 0 Å². The van der Waals surface area contributed by atoms with Gasteiger partial charge in [-0.25, -0.2) is 9.59 Å². The predicted octanol–water partition coefficient (Wildman–Crippen LogP) is 0.156. The molecular weight excluding hydrogens is 262 g/mol. The summed E-state index contributed by atoms with van der Waals surface area (Å²) in [6, 6.07) is -1.36. The van der Waals surface area contributed by atoms with E-state index in [-0.39, 0.29) is 5.92 Å². The number of carboxylic acid groups (broad SMARTS) is 1. The Morgan fingerprint density at radius 1 is 1.45 bits per heavy atom. The molecule has 8 nitrogen and oxygen atoms in total. The van der Waals surface area contributed by atoms with Gasteiger partial charge in [-0.05, 0) is 12.3 Å². The number of nitrogens with one attached hydrogen (secondary N) is 2. The summed E-state index contributed by atoms with van der Waals surface area (Å²) in [5.41, 5.74) is 0. The van der Waals surface area contributed by atoms with Crippen molar-refractivity contribution in [1.29, 1.82) is 0 Å². The fourth-order valence-electron chi connectivity index (χ4n) is 1.72. The first kappa shape index (κ1) is 15.9. The van der Waals surface area contributed by atoms with Gasteiger partial charge in [-0.2, -0.15) is 0 Å². The number of carbonyl (C=O) groups excluding carboxylic acids is 1. The molecule has 8 heteroatoms. The summed E-state index contributed by atoms with van der Waals surface area (Å²) in [6.45, 7) is 4.18. The molecule has 1 rings (SSSR count). The number of aliphatic carboxylic acids is 1. The van der Waals surface area contributed by atoms with Gasteiger partial charge in [-0.15, -0.1) is 10.2 Å². The van der Waals surface area contributed by atoms with E-state index in [0.29, 0.717) is 19.4 Å². The smallest absolute Gasteiger partial charge is 0.326 e. The zero-order valence-corrected chi connectivity index (χ0v) is 12.0. The van der Waals surface area contributed by atoms with Crippen LogP contribution in [0.5, 0.6) is 0 Å². The fraction of sp³-hybridized carbons (Fsp3) is 0.667. The van der Waals surface area contributed by atoms with Crippen LogP contribution in [0.1, 0.15) is 26.1 Å². The van der Waals surface area contributed by atoms with Gasteiger partial charge in [-0.3, -0.25) is 0 Å². The molecule has 0 aromatic carbocycles. The molecule has 1 aromatic rings. The molecule has 0 radical (unpaired) electrons. The number of hydrogen-bond donors (Lipinski definition) is 3. The lowest BCUT2D eigenvalue weighted by Gasteiger charge is -2.16. The van der Waals surface area contributed by atoms with Crippen LogP contribution in [0, 0.1) is 5.92 Å². The van der Waals surface area contributed by atoms with Crippen LogP contribution < -0.4 is 10.6 Å². The average molecular weight is 283 g/mol. The Hall–Kier alpha value is -2.12. The van der Waals surface area contributed by atoms with Gasteiger partial charge >= 0.3 is 12.0 Å². The summed E-state index contributed by atoms with van der Waals surface area (Å²) in [6.07, 6.45) is 2.51. The highest BCUT2D eigenvalue weighted by Gasteiger charge is 2.20. The summed E-state index contributed by atoms with van der Waals surface area (Å²) in [4.78, 5) is 22.6. The number of carbonyl (C=O) groups is 2. The SMILES string of the molecule is CC(C)CC(NC(=O)NCCc1nncn1C)C(=O)O. The Morgan fingerprint density at radius 3 is 2.65 bits per heavy atom. The van der Waals surface area contributed by atoms with Crippen molar-refractivity contribution >= 4 is 12.0 Å². The normalized spacial score (nSPS) is 12.2. The van der Waals surface area contributed by atoms with Gasteiger partial charge in [0.05, 0.1) is 0 Å². The lowest BCUT2D eigenvalue weighted by molar-refractivity contribution is -0.139. The largest absolute Gasteiger partial charge is 0.480 e. The molecule has 1 unspecified atom stereocenters. The third-order valence-corrected chi connectivity index (χ3v) is 2.75. The van der Waals surface area contributed by atoms with Gasteiger partial charge in [0.1, 0.15) is 18.2 Å². The standard InChI is InChI=1S/C12H21N5O3/c1-8(2)6-9(11(18)19)15-12(20)13-5-4-10-16-14-7-17(10)3/h7-9H,4-6H2,1-3H3,(H,18,19)(H2,13,15,20). The van der Waals surface area contributed by atoms with Crippen molar-refractivity contribution in [2.24, 2.45) is 13.0 Å². The van der Waals surface area contributed by atoms with Crippen LogP contribution in [0.15, 0.2) is 6.33 Å². The van der Waals surface area contributed by atoms with Crippen molar-refractivity contribution in [2.45, 2.75) is 32.7 Å². The summed E-state index contributed by atoms with van der Waals surface area (Å²) in [7, 11) is 1.82. The topological polar surface area (TPSA) is 109 Å². The Balaban J connectivity index is 2.35. The van der Waals surface area contributed by atoms with Gasteiger partial charge < -0.3 is 20.3 Å². The van der Waals surface area contributed by atoms with E-state index in [1.54, 1.807) is 10.9 Å². The highest BCUT2D eigenvalue weighted by molar-refractivity contribution is 5.82. The van der Waals surface area contributed by atoms with E-state index in [0.717, 1.165) is 5.82 Å². The number of aryl methyl sites for hydroxylation is 1. The Bertz CT molecular complexity index is 458. The van der Waals surface area contributed by atoms with E-state index < -0.39 is 18.0 Å². The molecule has 0 aliphatic heterocycles. The summed E-state index contributed by atoms with van der Waals surface area (Å²) in [5, 5.41) is 21.7. The first-order chi connectivity index (χ1) is 9.40. The predicted molar refractivity (Wildman–Crippen MR) is 72.1 cm³/mol. The molecule has 1 atom stereocenters. The van der Waals surface area contributed by atoms with Gasteiger partial charge in [0.15, 0.2) is 0 Å². The number of carboxylic acids is 1. The van der Waals surface area contributed by atoms with E-state index in [1.807, 2.05) is 20.9 Å². The number of hydrogen-bond acceptors (Lipinski definition) is 4. The van der Waals surface area contributed by atoms with Crippen LogP contribution in [-0.2, 0) is 18.3 Å². The minimum absolute atomic E-state index is 0.190. The van der Waals surface area contributed by atoms with E-state index in [2.05, 4.69) is 20.8 Å². The highest BCUT2D eigenvalue weighted by Crippen LogP contribution is 2.04. The molecule has 0 spiro atoms. The number of aromatic nitrogens is 3. The molecule has 3 N–H and O–H groups in total. The zero-order valence-electron chi connectivity index (χ0n) is 12.0. The first-order valence-corrected chi connectivity index (χ1v) is 6.50. The van der Waals surface area contributed by atoms with Crippen molar-refractivity contribution in [1.82, 2.24) is 25.4 Å². The summed E-state index contributed by atoms with van der Waals surface area (Å²) in [5.74, 6) is -0.0838. The Labute approximate surface area is 117 Å². The maximum absolute atomic E-state index is 11.6. The van der Waals surface area contributed by atoms with Crippen LogP contribution in [0.2, 0.25) is 0 Å². The van der Waals surface area contributed by atoms with Crippen molar-refractivity contribution in [3.8, 4) is 0 Å². The Morgan fingerprint density at radius 2 is 2.15 bits per heavy atom. The van der Waals surface area contributed by atoms with Crippen LogP contribution in [0.3, 0.4) is 0 Å². The molecular formula is C12H21N5O3. The van der Waals surface area contributed by atoms with Crippen LogP contribution >= 0.6 is 0 Å². The maximum Gasteiger partial charge on any atom is 0.326 e. The van der Waals surface area contributed by atoms with Crippen LogP contribution in [-0.4, -0.2) is 44.5 Å². The number of amides is 2. The second-order valence-electron chi connectivity index (χ2n) is 5.03. The third kappa shape index (κ3) is 5.25. The van der Waals surface area contributed by atoms with Crippen molar-refractivity contribution in [3.05, 3.63) is 12.2 Å². The summed E-state index contributed by atoms with van der Waals surface area (Å²) >= 11 is 0. The molecule has 0 saturated heterocycles. The molecule has 112 valence electrons. The molecule has 0 fully saturated rings. The van der Waals surface area contributed by atoms with E-state index in [4.69, 9.17) is 5.11 Å². The van der Waals surface area contributed by atoms with Crippen LogP contribution in [0.4, 0.5) is 4.79 Å². The zero-order chi connectivity index (χ0) is 15.1. The number of urea groups is 1. The summed E-state index contributed by atoms with van der Waals surface area (Å²) < 4.78 is 1.76. The van der Waals surface area contributed by atoms with E-state index in [1.165, 1.54) is 0 Å². The minimum atomic E-state index is -1.03. The van der Waals surface area contributed by atoms with Crippen molar-refractivity contribution < 1.29 is 14.7 Å². The second-order valence-corrected chi connectivity index (χ2v) is 5.03. The monoisotopic (exact) mass is 283 g/mol. The lowest BCUT2D eigenvalue weighted by atomic mass is 10.0. The van der Waals surface area contributed by atoms with Crippen LogP contribution in [0.25, 0.3) is 0 Å². The molecule has 0 bridgehead atoms. The maximum atomic E-state index is 11.6. The lowest BCUT2D eigenvalue weighted by Crippen LogP contribution is -2.47. The molecule has 2 amide bonds. The number of nitrogens with zero attached hydrogens (tertiary/aromatic N) is 3. The molecule has 20 heavy (non-hydrogen) atoms. The quantitative estimate of drug-likeness (QED) is 0.660. The molecule has 1 aromatic heterocycles. The van der Waals surface area contributed by atoms with Gasteiger partial charge in [0.2, 0.25) is 0 Å². The van der Waals surface area contributed by atoms with Crippen molar-refractivity contribution in [2.75, 3.05) is 6.54 Å². The van der Waals surface area contributed by atoms with Crippen molar-refractivity contribution in [3.63, 3.8) is 0 Å². The Kier molecular flexibility index (Phi) is 5.95. The van der Waals surface area contributed by atoms with E-state index in [9.17, 15) is 9.59 Å². The molecule has 0 aliphatic rings. The first-order valence-electron chi connectivity index (χ1n) is 6.50. The molecule has 0 saturated carbocycles. The minimum Gasteiger partial charge on any atom is -0.480 e. The van der Waals surface area contributed by atoms with Gasteiger partial charge in [0.25, 0.3) is 0 Å². The number of rotatable bonds is 7. The highest BCUT2D eigenvalue weighted by atomic mass is 16.4. The second kappa shape index (κ2) is 7.46. The molecule has 1 heterocycles. The van der Waals surface area contributed by atoms with Gasteiger partial charge in [-0.1, -0.05) is 13.8 Å². The fourth-order valence-corrected chi connectivity index (χ4v) is 1.72. The average Bonchev–Trinajstić information content (AvgIpc) is 2.73. The third-order valence-electron chi connectivity index (χ3n) is 2.75. The molecule has 0 aliphatic carbocycles. The van der Waals surface area contributed by atoms with Gasteiger partial charge in [0, 0.05) is 20.0 Å².